The second-order valence-corrected chi connectivity index (χ2v) is 8.42. The molecule has 2 aromatic heterocycles. The summed E-state index contributed by atoms with van der Waals surface area (Å²) in [6, 6.07) is 11.9. The first kappa shape index (κ1) is 21.1. The number of methoxy groups -OCH3 is 1. The van der Waals surface area contributed by atoms with Crippen molar-refractivity contribution in [3.05, 3.63) is 60.5 Å². The van der Waals surface area contributed by atoms with Crippen LogP contribution < -0.4 is 10.1 Å². The molecular weight excluding hydrogens is 418 g/mol. The summed E-state index contributed by atoms with van der Waals surface area (Å²) >= 11 is 0. The lowest BCUT2D eigenvalue weighted by Gasteiger charge is -2.29. The highest BCUT2D eigenvalue weighted by Gasteiger charge is 2.26. The fraction of sp³-hybridized carbons (Fsp3) is 0.320. The van der Waals surface area contributed by atoms with Gasteiger partial charge < -0.3 is 23.9 Å². The number of aromatic nitrogens is 3. The number of para-hydroxylation sites is 1. The highest BCUT2D eigenvalue weighted by atomic mass is 16.5. The third kappa shape index (κ3) is 4.16. The van der Waals surface area contributed by atoms with Gasteiger partial charge in [-0.15, -0.1) is 0 Å². The highest BCUT2D eigenvalue weighted by molar-refractivity contribution is 5.89. The monoisotopic (exact) mass is 445 g/mol. The molecule has 8 heteroatoms. The molecule has 0 saturated carbocycles. The molecule has 5 rings (SSSR count). The zero-order valence-corrected chi connectivity index (χ0v) is 19.0. The van der Waals surface area contributed by atoms with Gasteiger partial charge in [-0.3, -0.25) is 4.79 Å². The largest absolute Gasteiger partial charge is 0.494 e. The van der Waals surface area contributed by atoms with Crippen LogP contribution in [0.3, 0.4) is 0 Å². The number of hydrogen-bond donors (Lipinski definition) is 1. The van der Waals surface area contributed by atoms with Crippen LogP contribution in [0.4, 0.5) is 11.4 Å². The number of amides is 1. The van der Waals surface area contributed by atoms with Gasteiger partial charge in [0.2, 0.25) is 5.91 Å². The van der Waals surface area contributed by atoms with Gasteiger partial charge in [-0.05, 0) is 44.0 Å². The number of nitrogens with one attached hydrogen (secondary N) is 1. The van der Waals surface area contributed by atoms with E-state index >= 15 is 0 Å². The Bertz CT molecular complexity index is 1300. The molecule has 0 bridgehead atoms. The van der Waals surface area contributed by atoms with E-state index in [0.717, 1.165) is 71.4 Å². The van der Waals surface area contributed by atoms with Crippen LogP contribution in [0.2, 0.25) is 0 Å². The Labute approximate surface area is 192 Å². The number of likely N-dealkylation sites (tertiary alicyclic amines) is 1. The summed E-state index contributed by atoms with van der Waals surface area (Å²) in [5.41, 5.74) is 5.18. The summed E-state index contributed by atoms with van der Waals surface area (Å²) in [6.07, 6.45) is 5.46. The predicted octanol–water partition coefficient (Wildman–Crippen LogP) is 4.80. The fourth-order valence-corrected chi connectivity index (χ4v) is 4.36. The Balaban J connectivity index is 1.40. The first-order valence-corrected chi connectivity index (χ1v) is 11.1. The highest BCUT2D eigenvalue weighted by Crippen LogP contribution is 2.34. The number of ether oxygens (including phenoxy) is 1. The molecule has 1 amide bonds. The molecule has 0 spiro atoms. The maximum atomic E-state index is 11.6. The molecule has 0 aliphatic carbocycles. The van der Waals surface area contributed by atoms with Crippen molar-refractivity contribution < 1.29 is 13.9 Å². The molecule has 0 unspecified atom stereocenters. The molecule has 1 saturated heterocycles. The molecule has 3 heterocycles. The van der Waals surface area contributed by atoms with Crippen LogP contribution in [-0.4, -0.2) is 45.5 Å². The van der Waals surface area contributed by atoms with E-state index in [1.807, 2.05) is 59.0 Å². The van der Waals surface area contributed by atoms with E-state index < -0.39 is 0 Å². The number of anilines is 2. The average Bonchev–Trinajstić information content (AvgIpc) is 3.46. The second-order valence-electron chi connectivity index (χ2n) is 8.42. The Kier molecular flexibility index (Phi) is 5.50. The summed E-state index contributed by atoms with van der Waals surface area (Å²) in [4.78, 5) is 22.6. The fourth-order valence-electron chi connectivity index (χ4n) is 4.36. The van der Waals surface area contributed by atoms with Crippen molar-refractivity contribution in [2.24, 2.45) is 0 Å². The van der Waals surface area contributed by atoms with Crippen molar-refractivity contribution in [3.8, 4) is 11.4 Å². The molecule has 2 aromatic carbocycles. The number of carbonyl (C=O) groups is 1. The SMILES string of the molecule is COc1cc(Nc2cccc3oc(C4CCN(C(C)=O)CC4)nc23)ccc1-n1cnc(C)c1. The van der Waals surface area contributed by atoms with Crippen LogP contribution in [0.1, 0.15) is 37.3 Å². The topological polar surface area (TPSA) is 85.4 Å². The smallest absolute Gasteiger partial charge is 0.219 e. The van der Waals surface area contributed by atoms with Crippen molar-refractivity contribution in [3.63, 3.8) is 0 Å². The van der Waals surface area contributed by atoms with E-state index in [2.05, 4.69) is 10.3 Å². The molecule has 1 N–H and O–H groups in total. The number of benzene rings is 2. The Hall–Kier alpha value is -3.81. The van der Waals surface area contributed by atoms with Gasteiger partial charge in [0.1, 0.15) is 11.3 Å². The van der Waals surface area contributed by atoms with Gasteiger partial charge in [-0.2, -0.15) is 0 Å². The van der Waals surface area contributed by atoms with E-state index in [1.165, 1.54) is 0 Å². The Morgan fingerprint density at radius 1 is 1.21 bits per heavy atom. The first-order chi connectivity index (χ1) is 16.0. The maximum Gasteiger partial charge on any atom is 0.219 e. The average molecular weight is 446 g/mol. The number of fused-ring (bicyclic) bond motifs is 1. The zero-order valence-electron chi connectivity index (χ0n) is 19.0. The standard InChI is InChI=1S/C25H27N5O3/c1-16-14-30(15-26-16)21-8-7-19(13-23(21)32-3)27-20-5-4-6-22-24(20)28-25(33-22)18-9-11-29(12-10-18)17(2)31/h4-8,13-15,18,27H,9-12H2,1-3H3. The van der Waals surface area contributed by atoms with Gasteiger partial charge >= 0.3 is 0 Å². The number of imidazole rings is 1. The van der Waals surface area contributed by atoms with Crippen LogP contribution in [0.15, 0.2) is 53.3 Å². The number of hydrogen-bond acceptors (Lipinski definition) is 6. The first-order valence-electron chi connectivity index (χ1n) is 11.1. The van der Waals surface area contributed by atoms with Gasteiger partial charge in [0, 0.05) is 43.9 Å². The summed E-state index contributed by atoms with van der Waals surface area (Å²) in [7, 11) is 1.66. The summed E-state index contributed by atoms with van der Waals surface area (Å²) in [5, 5.41) is 3.46. The predicted molar refractivity (Wildman–Crippen MR) is 126 cm³/mol. The summed E-state index contributed by atoms with van der Waals surface area (Å²) in [6.45, 7) is 5.06. The molecule has 1 aliphatic rings. The summed E-state index contributed by atoms with van der Waals surface area (Å²) < 4.78 is 13.7. The van der Waals surface area contributed by atoms with Crippen molar-refractivity contribution in [2.75, 3.05) is 25.5 Å². The molecule has 4 aromatic rings. The number of piperidine rings is 1. The zero-order chi connectivity index (χ0) is 22.9. The molecule has 8 nitrogen and oxygen atoms in total. The van der Waals surface area contributed by atoms with Crippen LogP contribution >= 0.6 is 0 Å². The number of carbonyl (C=O) groups excluding carboxylic acids is 1. The van der Waals surface area contributed by atoms with E-state index in [4.69, 9.17) is 14.1 Å². The Morgan fingerprint density at radius 2 is 2.03 bits per heavy atom. The number of aryl methyl sites for hydroxylation is 1. The molecule has 33 heavy (non-hydrogen) atoms. The normalized spacial score (nSPS) is 14.6. The molecular formula is C25H27N5O3. The minimum absolute atomic E-state index is 0.127. The third-order valence-electron chi connectivity index (χ3n) is 6.17. The van der Waals surface area contributed by atoms with Gasteiger partial charge in [0.15, 0.2) is 11.5 Å². The quantitative estimate of drug-likeness (QED) is 0.475. The van der Waals surface area contributed by atoms with E-state index in [9.17, 15) is 4.79 Å². The molecule has 0 radical (unpaired) electrons. The summed E-state index contributed by atoms with van der Waals surface area (Å²) in [5.74, 6) is 1.83. The number of oxazole rings is 1. The van der Waals surface area contributed by atoms with E-state index in [0.29, 0.717) is 0 Å². The minimum atomic E-state index is 0.127. The maximum absolute atomic E-state index is 11.6. The van der Waals surface area contributed by atoms with Crippen LogP contribution in [0.25, 0.3) is 16.8 Å². The van der Waals surface area contributed by atoms with Gasteiger partial charge in [0.25, 0.3) is 0 Å². The number of nitrogens with zero attached hydrogens (tertiary/aromatic N) is 4. The molecule has 1 fully saturated rings. The van der Waals surface area contributed by atoms with Gasteiger partial charge in [-0.1, -0.05) is 6.07 Å². The molecule has 170 valence electrons. The third-order valence-corrected chi connectivity index (χ3v) is 6.17. The van der Waals surface area contributed by atoms with Crippen molar-refractivity contribution in [1.82, 2.24) is 19.4 Å². The molecule has 1 aliphatic heterocycles. The lowest BCUT2D eigenvalue weighted by atomic mass is 9.97. The van der Waals surface area contributed by atoms with Crippen LogP contribution in [-0.2, 0) is 4.79 Å². The van der Waals surface area contributed by atoms with Crippen molar-refractivity contribution in [1.29, 1.82) is 0 Å². The van der Waals surface area contributed by atoms with Gasteiger partial charge in [-0.25, -0.2) is 9.97 Å². The minimum Gasteiger partial charge on any atom is -0.494 e. The van der Waals surface area contributed by atoms with Crippen molar-refractivity contribution in [2.45, 2.75) is 32.6 Å². The van der Waals surface area contributed by atoms with Crippen LogP contribution in [0, 0.1) is 6.92 Å². The molecule has 0 atom stereocenters. The number of rotatable bonds is 5. The van der Waals surface area contributed by atoms with E-state index in [-0.39, 0.29) is 11.8 Å². The lowest BCUT2D eigenvalue weighted by Crippen LogP contribution is -2.36. The van der Waals surface area contributed by atoms with Gasteiger partial charge in [0.05, 0.1) is 30.5 Å². The Morgan fingerprint density at radius 3 is 2.73 bits per heavy atom. The van der Waals surface area contributed by atoms with E-state index in [1.54, 1.807) is 20.4 Å². The second kappa shape index (κ2) is 8.61. The van der Waals surface area contributed by atoms with Crippen molar-refractivity contribution >= 4 is 28.4 Å². The lowest BCUT2D eigenvalue weighted by molar-refractivity contribution is -0.129. The van der Waals surface area contributed by atoms with Crippen LogP contribution in [0.5, 0.6) is 5.75 Å².